The Kier molecular flexibility index (Phi) is 4.07. The zero-order valence-corrected chi connectivity index (χ0v) is 10.9. The molecule has 0 spiro atoms. The third-order valence-corrected chi connectivity index (χ3v) is 2.59. The molecule has 0 radical (unpaired) electrons. The van der Waals surface area contributed by atoms with Crippen LogP contribution in [0.4, 0.5) is 5.69 Å². The van der Waals surface area contributed by atoms with Gasteiger partial charge in [-0.2, -0.15) is 0 Å². The Hall–Kier alpha value is -2.43. The molecule has 1 aromatic heterocycles. The maximum absolute atomic E-state index is 5.67. The molecule has 5 heteroatoms. The molecule has 0 unspecified atom stereocenters. The summed E-state index contributed by atoms with van der Waals surface area (Å²) in [6, 6.07) is 9.33. The lowest BCUT2D eigenvalue weighted by atomic mass is 10.2. The molecule has 0 bridgehead atoms. The van der Waals surface area contributed by atoms with Crippen LogP contribution < -0.4 is 19.9 Å². The average Bonchev–Trinajstić information content (AvgIpc) is 2.46. The van der Waals surface area contributed by atoms with Gasteiger partial charge in [0, 0.05) is 6.07 Å². The van der Waals surface area contributed by atoms with Crippen molar-refractivity contribution in [1.29, 1.82) is 0 Å². The van der Waals surface area contributed by atoms with Crippen LogP contribution in [0.25, 0.3) is 0 Å². The second-order valence-electron chi connectivity index (χ2n) is 3.91. The van der Waals surface area contributed by atoms with Crippen molar-refractivity contribution in [2.45, 2.75) is 6.61 Å². The van der Waals surface area contributed by atoms with Crippen molar-refractivity contribution >= 4 is 5.69 Å². The Bertz CT molecular complexity index is 541. The average molecular weight is 260 g/mol. The SMILES string of the molecule is COc1ccc(COc2cc(N)cnc2OC)cc1. The first-order valence-electron chi connectivity index (χ1n) is 5.78. The van der Waals surface area contributed by atoms with Gasteiger partial charge in [0.25, 0.3) is 5.88 Å². The van der Waals surface area contributed by atoms with Gasteiger partial charge in [0.05, 0.1) is 26.1 Å². The van der Waals surface area contributed by atoms with E-state index in [0.717, 1.165) is 11.3 Å². The van der Waals surface area contributed by atoms with Gasteiger partial charge in [0.1, 0.15) is 12.4 Å². The minimum atomic E-state index is 0.408. The summed E-state index contributed by atoms with van der Waals surface area (Å²) in [6.45, 7) is 0.408. The maximum atomic E-state index is 5.67. The Labute approximate surface area is 111 Å². The van der Waals surface area contributed by atoms with E-state index in [2.05, 4.69) is 4.98 Å². The van der Waals surface area contributed by atoms with Crippen LogP contribution in [0, 0.1) is 0 Å². The van der Waals surface area contributed by atoms with Gasteiger partial charge in [0.2, 0.25) is 0 Å². The van der Waals surface area contributed by atoms with Gasteiger partial charge in [-0.3, -0.25) is 0 Å². The smallest absolute Gasteiger partial charge is 0.256 e. The summed E-state index contributed by atoms with van der Waals surface area (Å²) in [7, 11) is 3.17. The molecule has 0 saturated heterocycles. The molecule has 2 rings (SSSR count). The molecule has 2 aromatic rings. The molecule has 1 heterocycles. The highest BCUT2D eigenvalue weighted by atomic mass is 16.5. The summed E-state index contributed by atoms with van der Waals surface area (Å²) in [4.78, 5) is 4.04. The van der Waals surface area contributed by atoms with Crippen molar-refractivity contribution in [1.82, 2.24) is 4.98 Å². The van der Waals surface area contributed by atoms with Gasteiger partial charge in [0.15, 0.2) is 5.75 Å². The molecular formula is C14H16N2O3. The predicted molar refractivity (Wildman–Crippen MR) is 72.5 cm³/mol. The van der Waals surface area contributed by atoms with Crippen LogP contribution in [0.2, 0.25) is 0 Å². The minimum Gasteiger partial charge on any atom is -0.497 e. The second kappa shape index (κ2) is 5.95. The van der Waals surface area contributed by atoms with E-state index >= 15 is 0 Å². The Balaban J connectivity index is 2.07. The van der Waals surface area contributed by atoms with Gasteiger partial charge in [-0.1, -0.05) is 12.1 Å². The molecule has 5 nitrogen and oxygen atoms in total. The highest BCUT2D eigenvalue weighted by molar-refractivity contribution is 5.46. The number of aromatic nitrogens is 1. The summed E-state index contributed by atoms with van der Waals surface area (Å²) in [6.07, 6.45) is 1.53. The monoisotopic (exact) mass is 260 g/mol. The number of ether oxygens (including phenoxy) is 3. The second-order valence-corrected chi connectivity index (χ2v) is 3.91. The van der Waals surface area contributed by atoms with E-state index in [0.29, 0.717) is 23.9 Å². The number of methoxy groups -OCH3 is 2. The fourth-order valence-electron chi connectivity index (χ4n) is 1.59. The van der Waals surface area contributed by atoms with Crippen LogP contribution in [0.3, 0.4) is 0 Å². The number of anilines is 1. The summed E-state index contributed by atoms with van der Waals surface area (Å²) in [5.74, 6) is 1.76. The number of nitrogen functional groups attached to an aromatic ring is 1. The number of hydrogen-bond acceptors (Lipinski definition) is 5. The van der Waals surface area contributed by atoms with E-state index in [1.54, 1.807) is 20.3 Å². The van der Waals surface area contributed by atoms with Crippen molar-refractivity contribution < 1.29 is 14.2 Å². The van der Waals surface area contributed by atoms with Gasteiger partial charge < -0.3 is 19.9 Å². The summed E-state index contributed by atoms with van der Waals surface area (Å²) in [5.41, 5.74) is 7.23. The molecule has 2 N–H and O–H groups in total. The molecule has 0 atom stereocenters. The summed E-state index contributed by atoms with van der Waals surface area (Å²) in [5, 5.41) is 0. The van der Waals surface area contributed by atoms with Gasteiger partial charge >= 0.3 is 0 Å². The highest BCUT2D eigenvalue weighted by Crippen LogP contribution is 2.27. The van der Waals surface area contributed by atoms with E-state index in [4.69, 9.17) is 19.9 Å². The van der Waals surface area contributed by atoms with E-state index in [1.165, 1.54) is 6.20 Å². The number of pyridine rings is 1. The van der Waals surface area contributed by atoms with E-state index < -0.39 is 0 Å². The standard InChI is InChI=1S/C14H16N2O3/c1-17-12-5-3-10(4-6-12)9-19-13-7-11(15)8-16-14(13)18-2/h3-8H,9,15H2,1-2H3. The van der Waals surface area contributed by atoms with Crippen LogP contribution in [-0.2, 0) is 6.61 Å². The fourth-order valence-corrected chi connectivity index (χ4v) is 1.59. The van der Waals surface area contributed by atoms with E-state index in [1.807, 2.05) is 24.3 Å². The van der Waals surface area contributed by atoms with Crippen LogP contribution in [0.5, 0.6) is 17.4 Å². The first-order chi connectivity index (χ1) is 9.22. The first kappa shape index (κ1) is 13.0. The molecule has 0 aliphatic carbocycles. The predicted octanol–water partition coefficient (Wildman–Crippen LogP) is 2.26. The van der Waals surface area contributed by atoms with Crippen LogP contribution in [-0.4, -0.2) is 19.2 Å². The highest BCUT2D eigenvalue weighted by Gasteiger charge is 2.06. The zero-order valence-electron chi connectivity index (χ0n) is 10.9. The first-order valence-corrected chi connectivity index (χ1v) is 5.78. The quantitative estimate of drug-likeness (QED) is 0.893. The van der Waals surface area contributed by atoms with Crippen molar-refractivity contribution in [2.75, 3.05) is 20.0 Å². The number of nitrogens with zero attached hydrogens (tertiary/aromatic N) is 1. The molecule has 1 aromatic carbocycles. The van der Waals surface area contributed by atoms with Crippen LogP contribution >= 0.6 is 0 Å². The summed E-state index contributed by atoms with van der Waals surface area (Å²) < 4.78 is 15.9. The number of benzene rings is 1. The van der Waals surface area contributed by atoms with Crippen molar-refractivity contribution in [2.24, 2.45) is 0 Å². The normalized spacial score (nSPS) is 10.0. The molecular weight excluding hydrogens is 244 g/mol. The fraction of sp³-hybridized carbons (Fsp3) is 0.214. The lowest BCUT2D eigenvalue weighted by Gasteiger charge is -2.10. The van der Waals surface area contributed by atoms with Crippen LogP contribution in [0.1, 0.15) is 5.56 Å². The number of hydrogen-bond donors (Lipinski definition) is 1. The van der Waals surface area contributed by atoms with E-state index in [9.17, 15) is 0 Å². The molecule has 19 heavy (non-hydrogen) atoms. The Morgan fingerprint density at radius 3 is 2.47 bits per heavy atom. The Morgan fingerprint density at radius 2 is 1.84 bits per heavy atom. The molecule has 0 fully saturated rings. The van der Waals surface area contributed by atoms with Crippen molar-refractivity contribution in [3.63, 3.8) is 0 Å². The largest absolute Gasteiger partial charge is 0.497 e. The lowest BCUT2D eigenvalue weighted by Crippen LogP contribution is -2.00. The lowest BCUT2D eigenvalue weighted by molar-refractivity contribution is 0.279. The Morgan fingerprint density at radius 1 is 1.11 bits per heavy atom. The third kappa shape index (κ3) is 3.28. The van der Waals surface area contributed by atoms with Crippen molar-refractivity contribution in [3.05, 3.63) is 42.1 Å². The van der Waals surface area contributed by atoms with Crippen molar-refractivity contribution in [3.8, 4) is 17.4 Å². The molecule has 0 amide bonds. The zero-order chi connectivity index (χ0) is 13.7. The van der Waals surface area contributed by atoms with Crippen LogP contribution in [0.15, 0.2) is 36.5 Å². The maximum Gasteiger partial charge on any atom is 0.256 e. The van der Waals surface area contributed by atoms with Gasteiger partial charge in [-0.25, -0.2) is 4.98 Å². The number of rotatable bonds is 5. The summed E-state index contributed by atoms with van der Waals surface area (Å²) >= 11 is 0. The molecule has 0 saturated carbocycles. The molecule has 0 aliphatic rings. The topological polar surface area (TPSA) is 66.6 Å². The third-order valence-electron chi connectivity index (χ3n) is 2.59. The van der Waals surface area contributed by atoms with Gasteiger partial charge in [-0.05, 0) is 17.7 Å². The van der Waals surface area contributed by atoms with Gasteiger partial charge in [-0.15, -0.1) is 0 Å². The minimum absolute atomic E-state index is 0.408. The molecule has 100 valence electrons. The number of nitrogens with two attached hydrogens (primary N) is 1. The molecule has 0 aliphatic heterocycles. The van der Waals surface area contributed by atoms with E-state index in [-0.39, 0.29) is 0 Å².